The summed E-state index contributed by atoms with van der Waals surface area (Å²) < 4.78 is 0. The lowest BCUT2D eigenvalue weighted by atomic mass is 10.4. The molecule has 0 saturated carbocycles. The van der Waals surface area contributed by atoms with Gasteiger partial charge in [0.05, 0.1) is 6.21 Å². The molecule has 0 aromatic carbocycles. The summed E-state index contributed by atoms with van der Waals surface area (Å²) in [7, 11) is 0. The number of nitrogens with zero attached hydrogens (tertiary/aromatic N) is 2. The van der Waals surface area contributed by atoms with E-state index in [9.17, 15) is 0 Å². The van der Waals surface area contributed by atoms with Crippen LogP contribution in [-0.4, -0.2) is 22.0 Å². The molecular weight excluding hydrogens is 142 g/mol. The number of rotatable bonds is 2. The Morgan fingerprint density at radius 2 is 2.36 bits per heavy atom. The first-order valence-corrected chi connectivity index (χ1v) is 2.92. The lowest BCUT2D eigenvalue weighted by molar-refractivity contribution is 1.11. The van der Waals surface area contributed by atoms with E-state index in [1.54, 1.807) is 0 Å². The number of nitrogens with two attached hydrogens (primary N) is 1. The molecule has 0 saturated heterocycles. The van der Waals surface area contributed by atoms with Crippen LogP contribution in [0.3, 0.4) is 0 Å². The zero-order chi connectivity index (χ0) is 8.27. The first-order valence-electron chi connectivity index (χ1n) is 2.92. The summed E-state index contributed by atoms with van der Waals surface area (Å²) in [6, 6.07) is 1.52. The van der Waals surface area contributed by atoms with Crippen LogP contribution in [0.5, 0.6) is 0 Å². The highest BCUT2D eigenvalue weighted by Crippen LogP contribution is 1.91. The highest BCUT2D eigenvalue weighted by molar-refractivity contribution is 5.93. The molecule has 56 valence electrons. The normalized spacial score (nSPS) is 9.09. The molecule has 0 bridgehead atoms. The van der Waals surface area contributed by atoms with Gasteiger partial charge in [0, 0.05) is 6.20 Å². The van der Waals surface area contributed by atoms with Gasteiger partial charge in [-0.15, -0.1) is 0 Å². The third kappa shape index (κ3) is 1.57. The quantitative estimate of drug-likeness (QED) is 0.399. The highest BCUT2D eigenvalue weighted by Gasteiger charge is 1.97. The second kappa shape index (κ2) is 2.87. The van der Waals surface area contributed by atoms with E-state index < -0.39 is 0 Å². The van der Waals surface area contributed by atoms with E-state index in [1.165, 1.54) is 12.3 Å². The minimum Gasteiger partial charge on any atom is -0.382 e. The smallest absolute Gasteiger partial charge is 0.170 e. The maximum atomic E-state index is 7.02. The fourth-order valence-corrected chi connectivity index (χ4v) is 0.593. The van der Waals surface area contributed by atoms with Crippen molar-refractivity contribution in [2.45, 2.75) is 0 Å². The summed E-state index contributed by atoms with van der Waals surface area (Å²) in [5.41, 5.74) is 5.50. The number of hydrogen-bond donors (Lipinski definition) is 3. The third-order valence-corrected chi connectivity index (χ3v) is 1.08. The van der Waals surface area contributed by atoms with Gasteiger partial charge in [-0.1, -0.05) is 0 Å². The SMILES string of the molecule is N=Cc1nccc(C(=N)N)n1. The van der Waals surface area contributed by atoms with Crippen LogP contribution in [0.1, 0.15) is 11.5 Å². The molecule has 0 amide bonds. The molecule has 0 aliphatic carbocycles. The van der Waals surface area contributed by atoms with Gasteiger partial charge in [-0.25, -0.2) is 9.97 Å². The molecule has 0 atom stereocenters. The fraction of sp³-hybridized carbons (Fsp3) is 0. The molecule has 1 aromatic heterocycles. The van der Waals surface area contributed by atoms with Gasteiger partial charge in [0.25, 0.3) is 0 Å². The predicted octanol–water partition coefficient (Wildman–Crippen LogP) is -0.242. The van der Waals surface area contributed by atoms with Crippen molar-refractivity contribution in [2.75, 3.05) is 0 Å². The molecule has 0 unspecified atom stereocenters. The van der Waals surface area contributed by atoms with Crippen LogP contribution in [0.4, 0.5) is 0 Å². The Labute approximate surface area is 63.3 Å². The van der Waals surface area contributed by atoms with E-state index in [1.807, 2.05) is 0 Å². The summed E-state index contributed by atoms with van der Waals surface area (Å²) in [5.74, 6) is 0.146. The zero-order valence-electron chi connectivity index (χ0n) is 5.70. The van der Waals surface area contributed by atoms with Crippen molar-refractivity contribution in [3.05, 3.63) is 23.8 Å². The fourth-order valence-electron chi connectivity index (χ4n) is 0.593. The minimum absolute atomic E-state index is 0.115. The first-order chi connectivity index (χ1) is 5.24. The molecule has 5 heteroatoms. The van der Waals surface area contributed by atoms with Crippen molar-refractivity contribution < 1.29 is 0 Å². The molecule has 1 rings (SSSR count). The molecular formula is C6H7N5. The van der Waals surface area contributed by atoms with Crippen molar-refractivity contribution in [1.29, 1.82) is 10.8 Å². The summed E-state index contributed by atoms with van der Waals surface area (Å²) in [6.07, 6.45) is 2.47. The van der Waals surface area contributed by atoms with Gasteiger partial charge in [0.1, 0.15) is 11.5 Å². The Kier molecular flexibility index (Phi) is 1.91. The van der Waals surface area contributed by atoms with E-state index in [0.29, 0.717) is 5.69 Å². The monoisotopic (exact) mass is 149 g/mol. The average Bonchev–Trinajstić information content (AvgIpc) is 2.05. The van der Waals surface area contributed by atoms with Gasteiger partial charge < -0.3 is 11.1 Å². The first kappa shape index (κ1) is 7.33. The summed E-state index contributed by atoms with van der Waals surface area (Å²) in [4.78, 5) is 7.52. The van der Waals surface area contributed by atoms with E-state index in [0.717, 1.165) is 6.21 Å². The maximum Gasteiger partial charge on any atom is 0.170 e. The van der Waals surface area contributed by atoms with Crippen molar-refractivity contribution in [1.82, 2.24) is 9.97 Å². The van der Waals surface area contributed by atoms with Gasteiger partial charge in [-0.2, -0.15) is 0 Å². The number of amidine groups is 1. The van der Waals surface area contributed by atoms with Crippen LogP contribution in [-0.2, 0) is 0 Å². The number of hydrogen-bond acceptors (Lipinski definition) is 4. The van der Waals surface area contributed by atoms with E-state index >= 15 is 0 Å². The second-order valence-electron chi connectivity index (χ2n) is 1.86. The summed E-state index contributed by atoms with van der Waals surface area (Å²) >= 11 is 0. The topological polar surface area (TPSA) is 99.5 Å². The van der Waals surface area contributed by atoms with E-state index in [4.69, 9.17) is 16.6 Å². The lowest BCUT2D eigenvalue weighted by Crippen LogP contribution is -2.14. The van der Waals surface area contributed by atoms with Gasteiger partial charge in [0.2, 0.25) is 0 Å². The van der Waals surface area contributed by atoms with Crippen molar-refractivity contribution in [2.24, 2.45) is 5.73 Å². The van der Waals surface area contributed by atoms with Crippen molar-refractivity contribution >= 4 is 12.1 Å². The van der Waals surface area contributed by atoms with E-state index in [-0.39, 0.29) is 11.7 Å². The van der Waals surface area contributed by atoms with Crippen LogP contribution in [0.25, 0.3) is 0 Å². The standard InChI is InChI=1S/C6H7N5/c7-3-5-10-2-1-4(11-5)6(8)9/h1-3,7H,(H3,8,9). The molecule has 1 aromatic rings. The van der Waals surface area contributed by atoms with Crippen molar-refractivity contribution in [3.8, 4) is 0 Å². The predicted molar refractivity (Wildman–Crippen MR) is 40.9 cm³/mol. The van der Waals surface area contributed by atoms with Gasteiger partial charge in [0.15, 0.2) is 5.82 Å². The van der Waals surface area contributed by atoms with Crippen molar-refractivity contribution in [3.63, 3.8) is 0 Å². The number of aromatic nitrogens is 2. The van der Waals surface area contributed by atoms with Gasteiger partial charge in [-0.3, -0.25) is 5.41 Å². The number of nitrogen functional groups attached to an aromatic ring is 1. The van der Waals surface area contributed by atoms with Crippen LogP contribution >= 0.6 is 0 Å². The number of nitrogens with one attached hydrogen (secondary N) is 2. The largest absolute Gasteiger partial charge is 0.382 e. The molecule has 0 radical (unpaired) electrons. The lowest BCUT2D eigenvalue weighted by Gasteiger charge is -1.95. The molecule has 0 spiro atoms. The molecule has 4 N–H and O–H groups in total. The molecule has 0 aliphatic rings. The van der Waals surface area contributed by atoms with Crippen LogP contribution in [0.15, 0.2) is 12.3 Å². The average molecular weight is 149 g/mol. The molecule has 5 nitrogen and oxygen atoms in total. The molecule has 0 aliphatic heterocycles. The Balaban J connectivity index is 3.10. The van der Waals surface area contributed by atoms with Crippen LogP contribution in [0.2, 0.25) is 0 Å². The Bertz CT molecular complexity index is 293. The third-order valence-electron chi connectivity index (χ3n) is 1.08. The minimum atomic E-state index is -0.115. The molecule has 0 fully saturated rings. The zero-order valence-corrected chi connectivity index (χ0v) is 5.70. The van der Waals surface area contributed by atoms with Crippen LogP contribution in [0, 0.1) is 10.8 Å². The summed E-state index contributed by atoms with van der Waals surface area (Å²) in [6.45, 7) is 0. The van der Waals surface area contributed by atoms with Crippen LogP contribution < -0.4 is 5.73 Å². The van der Waals surface area contributed by atoms with E-state index in [2.05, 4.69) is 9.97 Å². The molecule has 11 heavy (non-hydrogen) atoms. The Hall–Kier alpha value is -1.78. The summed E-state index contributed by atoms with van der Waals surface area (Å²) in [5, 5.41) is 13.8. The Morgan fingerprint density at radius 1 is 1.64 bits per heavy atom. The second-order valence-corrected chi connectivity index (χ2v) is 1.86. The van der Waals surface area contributed by atoms with Gasteiger partial charge in [-0.05, 0) is 6.07 Å². The highest BCUT2D eigenvalue weighted by atomic mass is 14.9. The molecule has 1 heterocycles. The Morgan fingerprint density at radius 3 is 2.91 bits per heavy atom. The van der Waals surface area contributed by atoms with Gasteiger partial charge >= 0.3 is 0 Å². The maximum absolute atomic E-state index is 7.02.